The van der Waals surface area contributed by atoms with Crippen molar-refractivity contribution < 1.29 is 4.74 Å². The molecule has 3 nitrogen and oxygen atoms in total. The van der Waals surface area contributed by atoms with E-state index in [9.17, 15) is 0 Å². The molecular weight excluding hydrogens is 236 g/mol. The fourth-order valence-corrected chi connectivity index (χ4v) is 2.79. The molecule has 1 aliphatic rings. The zero-order valence-corrected chi connectivity index (χ0v) is 12.0. The molecule has 1 aromatic rings. The molecule has 1 N–H and O–H groups in total. The van der Waals surface area contributed by atoms with Crippen LogP contribution in [0.4, 0.5) is 0 Å². The molecule has 106 valence electrons. The van der Waals surface area contributed by atoms with Gasteiger partial charge >= 0.3 is 0 Å². The highest BCUT2D eigenvalue weighted by Gasteiger charge is 2.23. The SMILES string of the molecule is CCCNC(CCc1ccncc1)C1CCCOC1. The van der Waals surface area contributed by atoms with Crippen LogP contribution in [-0.2, 0) is 11.2 Å². The third-order valence-electron chi connectivity index (χ3n) is 3.91. The average Bonchev–Trinajstić information content (AvgIpc) is 2.49. The first-order valence-corrected chi connectivity index (χ1v) is 7.60. The number of pyridine rings is 1. The van der Waals surface area contributed by atoms with E-state index >= 15 is 0 Å². The maximum atomic E-state index is 5.65. The number of aryl methyl sites for hydroxylation is 1. The molecule has 0 amide bonds. The molecule has 0 spiro atoms. The van der Waals surface area contributed by atoms with Crippen molar-refractivity contribution in [1.82, 2.24) is 10.3 Å². The molecular formula is C16H26N2O. The average molecular weight is 262 g/mol. The van der Waals surface area contributed by atoms with E-state index in [-0.39, 0.29) is 0 Å². The maximum absolute atomic E-state index is 5.65. The van der Waals surface area contributed by atoms with Gasteiger partial charge in [0.25, 0.3) is 0 Å². The summed E-state index contributed by atoms with van der Waals surface area (Å²) in [6.45, 7) is 5.21. The number of aromatic nitrogens is 1. The van der Waals surface area contributed by atoms with E-state index in [0.717, 1.165) is 26.2 Å². The van der Waals surface area contributed by atoms with Gasteiger partial charge in [-0.25, -0.2) is 0 Å². The number of ether oxygens (including phenoxy) is 1. The second-order valence-electron chi connectivity index (χ2n) is 5.43. The summed E-state index contributed by atoms with van der Waals surface area (Å²) in [5.41, 5.74) is 1.38. The minimum atomic E-state index is 0.591. The van der Waals surface area contributed by atoms with E-state index in [1.54, 1.807) is 0 Å². The zero-order chi connectivity index (χ0) is 13.3. The fraction of sp³-hybridized carbons (Fsp3) is 0.688. The predicted molar refractivity (Wildman–Crippen MR) is 78.2 cm³/mol. The van der Waals surface area contributed by atoms with Crippen LogP contribution < -0.4 is 5.32 Å². The topological polar surface area (TPSA) is 34.2 Å². The Bertz CT molecular complexity index is 336. The van der Waals surface area contributed by atoms with Gasteiger partial charge in [0.05, 0.1) is 6.61 Å². The highest BCUT2D eigenvalue weighted by atomic mass is 16.5. The lowest BCUT2D eigenvalue weighted by Gasteiger charge is -2.31. The van der Waals surface area contributed by atoms with E-state index in [4.69, 9.17) is 4.74 Å². The Labute approximate surface area is 116 Å². The number of nitrogens with one attached hydrogen (secondary N) is 1. The van der Waals surface area contributed by atoms with Gasteiger partial charge in [-0.2, -0.15) is 0 Å². The van der Waals surface area contributed by atoms with Crippen LogP contribution in [0, 0.1) is 5.92 Å². The lowest BCUT2D eigenvalue weighted by molar-refractivity contribution is 0.0380. The molecule has 0 aliphatic carbocycles. The first-order chi connectivity index (χ1) is 9.40. The summed E-state index contributed by atoms with van der Waals surface area (Å²) in [6, 6.07) is 4.83. The molecule has 0 saturated carbocycles. The minimum Gasteiger partial charge on any atom is -0.381 e. The maximum Gasteiger partial charge on any atom is 0.0509 e. The minimum absolute atomic E-state index is 0.591. The lowest BCUT2D eigenvalue weighted by atomic mass is 9.89. The van der Waals surface area contributed by atoms with Crippen LogP contribution in [0.15, 0.2) is 24.5 Å². The Balaban J connectivity index is 1.85. The van der Waals surface area contributed by atoms with Crippen molar-refractivity contribution in [1.29, 1.82) is 0 Å². The summed E-state index contributed by atoms with van der Waals surface area (Å²) in [4.78, 5) is 4.08. The third kappa shape index (κ3) is 4.92. The Morgan fingerprint density at radius 3 is 2.95 bits per heavy atom. The molecule has 1 aliphatic heterocycles. The van der Waals surface area contributed by atoms with Crippen molar-refractivity contribution in [3.8, 4) is 0 Å². The van der Waals surface area contributed by atoms with Crippen molar-refractivity contribution in [3.05, 3.63) is 30.1 Å². The molecule has 2 heterocycles. The van der Waals surface area contributed by atoms with Crippen molar-refractivity contribution >= 4 is 0 Å². The zero-order valence-electron chi connectivity index (χ0n) is 12.0. The van der Waals surface area contributed by atoms with Crippen LogP contribution in [0.5, 0.6) is 0 Å². The number of rotatable bonds is 7. The van der Waals surface area contributed by atoms with Gasteiger partial charge in [0.2, 0.25) is 0 Å². The molecule has 3 heteroatoms. The van der Waals surface area contributed by atoms with E-state index in [1.165, 1.54) is 31.2 Å². The Morgan fingerprint density at radius 2 is 2.26 bits per heavy atom. The Morgan fingerprint density at radius 1 is 1.42 bits per heavy atom. The van der Waals surface area contributed by atoms with E-state index in [0.29, 0.717) is 12.0 Å². The highest BCUT2D eigenvalue weighted by molar-refractivity contribution is 5.10. The van der Waals surface area contributed by atoms with Crippen LogP contribution in [0.25, 0.3) is 0 Å². The molecule has 0 bridgehead atoms. The van der Waals surface area contributed by atoms with Gasteiger partial charge < -0.3 is 10.1 Å². The number of hydrogen-bond acceptors (Lipinski definition) is 3. The molecule has 2 unspecified atom stereocenters. The Kier molecular flexibility index (Phi) is 6.31. The van der Waals surface area contributed by atoms with Gasteiger partial charge in [0.1, 0.15) is 0 Å². The molecule has 0 aromatic carbocycles. The molecule has 1 aromatic heterocycles. The summed E-state index contributed by atoms with van der Waals surface area (Å²) >= 11 is 0. The summed E-state index contributed by atoms with van der Waals surface area (Å²) in [5, 5.41) is 3.71. The summed E-state index contributed by atoms with van der Waals surface area (Å²) in [5.74, 6) is 0.683. The molecule has 2 rings (SSSR count). The third-order valence-corrected chi connectivity index (χ3v) is 3.91. The second kappa shape index (κ2) is 8.28. The number of nitrogens with zero attached hydrogens (tertiary/aromatic N) is 1. The second-order valence-corrected chi connectivity index (χ2v) is 5.43. The van der Waals surface area contributed by atoms with Crippen molar-refractivity contribution in [2.45, 2.75) is 45.1 Å². The lowest BCUT2D eigenvalue weighted by Crippen LogP contribution is -2.41. The van der Waals surface area contributed by atoms with Crippen molar-refractivity contribution in [2.75, 3.05) is 19.8 Å². The van der Waals surface area contributed by atoms with Crippen molar-refractivity contribution in [2.24, 2.45) is 5.92 Å². The highest BCUT2D eigenvalue weighted by Crippen LogP contribution is 2.21. The van der Waals surface area contributed by atoms with Crippen LogP contribution in [0.3, 0.4) is 0 Å². The quantitative estimate of drug-likeness (QED) is 0.820. The van der Waals surface area contributed by atoms with Gasteiger partial charge in [0, 0.05) is 25.0 Å². The van der Waals surface area contributed by atoms with Crippen LogP contribution >= 0.6 is 0 Å². The first-order valence-electron chi connectivity index (χ1n) is 7.60. The molecule has 1 saturated heterocycles. The molecule has 1 fully saturated rings. The number of hydrogen-bond donors (Lipinski definition) is 1. The van der Waals surface area contributed by atoms with E-state index < -0.39 is 0 Å². The van der Waals surface area contributed by atoms with Crippen LogP contribution in [-0.4, -0.2) is 30.8 Å². The smallest absolute Gasteiger partial charge is 0.0509 e. The van der Waals surface area contributed by atoms with Gasteiger partial charge in [-0.1, -0.05) is 6.92 Å². The monoisotopic (exact) mass is 262 g/mol. The van der Waals surface area contributed by atoms with Gasteiger partial charge in [-0.05, 0) is 62.3 Å². The first kappa shape index (κ1) is 14.5. The summed E-state index contributed by atoms with van der Waals surface area (Å²) in [6.07, 6.45) is 9.79. The molecule has 19 heavy (non-hydrogen) atoms. The van der Waals surface area contributed by atoms with Crippen molar-refractivity contribution in [3.63, 3.8) is 0 Å². The van der Waals surface area contributed by atoms with Crippen LogP contribution in [0.1, 0.15) is 38.2 Å². The van der Waals surface area contributed by atoms with E-state index in [1.807, 2.05) is 12.4 Å². The fourth-order valence-electron chi connectivity index (χ4n) is 2.79. The normalized spacial score (nSPS) is 21.2. The molecule has 0 radical (unpaired) electrons. The largest absolute Gasteiger partial charge is 0.381 e. The van der Waals surface area contributed by atoms with E-state index in [2.05, 4.69) is 29.4 Å². The summed E-state index contributed by atoms with van der Waals surface area (Å²) in [7, 11) is 0. The Hall–Kier alpha value is -0.930. The van der Waals surface area contributed by atoms with Crippen LogP contribution in [0.2, 0.25) is 0 Å². The van der Waals surface area contributed by atoms with Gasteiger partial charge in [-0.15, -0.1) is 0 Å². The summed E-state index contributed by atoms with van der Waals surface area (Å²) < 4.78 is 5.65. The van der Waals surface area contributed by atoms with Gasteiger partial charge in [0.15, 0.2) is 0 Å². The predicted octanol–water partition coefficient (Wildman–Crippen LogP) is 2.81. The standard InChI is InChI=1S/C16H26N2O/c1-2-9-18-16(15-4-3-12-19-13-15)6-5-14-7-10-17-11-8-14/h7-8,10-11,15-16,18H,2-6,9,12-13H2,1H3. The van der Waals surface area contributed by atoms with Gasteiger partial charge in [-0.3, -0.25) is 4.98 Å². The molecule has 2 atom stereocenters.